The first-order chi connectivity index (χ1) is 4.57. The zero-order chi connectivity index (χ0) is 8.15. The van der Waals surface area contributed by atoms with Crippen molar-refractivity contribution in [2.24, 2.45) is 5.18 Å². The summed E-state index contributed by atoms with van der Waals surface area (Å²) < 4.78 is 0. The van der Waals surface area contributed by atoms with Crippen LogP contribution in [0.1, 0.15) is 6.42 Å². The summed E-state index contributed by atoms with van der Waals surface area (Å²) in [6, 6.07) is 0. The van der Waals surface area contributed by atoms with E-state index in [1.807, 2.05) is 5.18 Å². The molecule has 5 nitrogen and oxygen atoms in total. The summed E-state index contributed by atoms with van der Waals surface area (Å²) in [5.74, 6) is -2.32. The molecule has 1 N–H and O–H groups in total. The predicted molar refractivity (Wildman–Crippen MR) is 32.2 cm³/mol. The molecule has 0 bridgehead atoms. The first kappa shape index (κ1) is 8.48. The van der Waals surface area contributed by atoms with Crippen molar-refractivity contribution in [3.63, 3.8) is 0 Å². The molecule has 0 atom stereocenters. The van der Waals surface area contributed by atoms with Crippen LogP contribution in [0.2, 0.25) is 0 Å². The van der Waals surface area contributed by atoms with Crippen LogP contribution in [0.3, 0.4) is 0 Å². The number of nitroso groups, excluding NO2 is 1. The molecular formula is C5H5NO4. The van der Waals surface area contributed by atoms with Gasteiger partial charge >= 0.3 is 5.97 Å². The minimum absolute atomic E-state index is 0.329. The molecule has 0 aromatic carbocycles. The average Bonchev–Trinajstić information content (AvgIpc) is 1.87. The van der Waals surface area contributed by atoms with Crippen LogP contribution >= 0.6 is 0 Å². The van der Waals surface area contributed by atoms with Crippen molar-refractivity contribution in [3.05, 3.63) is 17.1 Å². The smallest absolute Gasteiger partial charge is 0.331 e. The van der Waals surface area contributed by atoms with Crippen LogP contribution in [-0.4, -0.2) is 17.0 Å². The third kappa shape index (κ3) is 2.71. The SMILES string of the molecule is C=C(CC(=O)N=O)C(=O)O. The molecule has 0 radical (unpaired) electrons. The van der Waals surface area contributed by atoms with Gasteiger partial charge in [0.2, 0.25) is 0 Å². The van der Waals surface area contributed by atoms with E-state index in [0.717, 1.165) is 0 Å². The highest BCUT2D eigenvalue weighted by Crippen LogP contribution is 1.98. The molecule has 0 rings (SSSR count). The van der Waals surface area contributed by atoms with Gasteiger partial charge in [0.05, 0.1) is 6.42 Å². The van der Waals surface area contributed by atoms with Crippen molar-refractivity contribution in [3.8, 4) is 0 Å². The number of rotatable bonds is 3. The summed E-state index contributed by atoms with van der Waals surface area (Å²) >= 11 is 0. The van der Waals surface area contributed by atoms with Crippen molar-refractivity contribution >= 4 is 11.9 Å². The fourth-order valence-electron chi connectivity index (χ4n) is 0.290. The maximum Gasteiger partial charge on any atom is 0.331 e. The topological polar surface area (TPSA) is 83.8 Å². The molecule has 0 fully saturated rings. The summed E-state index contributed by atoms with van der Waals surface area (Å²) in [7, 11) is 0. The molecule has 0 aliphatic carbocycles. The van der Waals surface area contributed by atoms with Crippen LogP contribution in [0.4, 0.5) is 0 Å². The molecule has 54 valence electrons. The fraction of sp³-hybridized carbons (Fsp3) is 0.200. The summed E-state index contributed by atoms with van der Waals surface area (Å²) in [6.07, 6.45) is -0.515. The highest BCUT2D eigenvalue weighted by Gasteiger charge is 2.09. The Morgan fingerprint density at radius 3 is 2.30 bits per heavy atom. The van der Waals surface area contributed by atoms with Crippen LogP contribution in [0.15, 0.2) is 17.3 Å². The molecule has 1 amide bonds. The minimum Gasteiger partial charge on any atom is -0.478 e. The number of carbonyl (C=O) groups excluding carboxylic acids is 1. The van der Waals surface area contributed by atoms with Gasteiger partial charge < -0.3 is 5.11 Å². The third-order valence-corrected chi connectivity index (χ3v) is 0.769. The van der Waals surface area contributed by atoms with Crippen molar-refractivity contribution in [2.75, 3.05) is 0 Å². The number of aliphatic carboxylic acids is 1. The molecule has 0 spiro atoms. The number of hydrogen-bond donors (Lipinski definition) is 1. The number of carbonyl (C=O) groups is 2. The van der Waals surface area contributed by atoms with E-state index in [1.54, 1.807) is 0 Å². The summed E-state index contributed by atoms with van der Waals surface area (Å²) in [5.41, 5.74) is -0.329. The molecule has 0 unspecified atom stereocenters. The van der Waals surface area contributed by atoms with Gasteiger partial charge in [-0.2, -0.15) is 0 Å². The van der Waals surface area contributed by atoms with Crippen molar-refractivity contribution in [1.29, 1.82) is 0 Å². The van der Waals surface area contributed by atoms with Gasteiger partial charge in [-0.1, -0.05) is 6.58 Å². The monoisotopic (exact) mass is 143 g/mol. The zero-order valence-corrected chi connectivity index (χ0v) is 5.03. The standard InChI is InChI=1S/C5H5NO4/c1-3(5(8)9)2-4(7)6-10/h1-2H2,(H,8,9). The van der Waals surface area contributed by atoms with E-state index in [-0.39, 0.29) is 5.57 Å². The maximum atomic E-state index is 10.1. The molecule has 0 aliphatic heterocycles. The Morgan fingerprint density at radius 1 is 1.50 bits per heavy atom. The van der Waals surface area contributed by atoms with E-state index in [2.05, 4.69) is 6.58 Å². The van der Waals surface area contributed by atoms with Crippen LogP contribution in [0.5, 0.6) is 0 Å². The summed E-state index contributed by atoms with van der Waals surface area (Å²) in [6.45, 7) is 3.02. The highest BCUT2D eigenvalue weighted by molar-refractivity contribution is 5.93. The minimum atomic E-state index is -1.29. The van der Waals surface area contributed by atoms with E-state index in [0.29, 0.717) is 0 Å². The summed E-state index contributed by atoms with van der Waals surface area (Å²) in [5, 5.41) is 10.1. The number of nitrogens with zero attached hydrogens (tertiary/aromatic N) is 1. The van der Waals surface area contributed by atoms with Gasteiger partial charge in [0, 0.05) is 10.7 Å². The molecular weight excluding hydrogens is 138 g/mol. The maximum absolute atomic E-state index is 10.1. The Bertz CT molecular complexity index is 196. The fourth-order valence-corrected chi connectivity index (χ4v) is 0.290. The first-order valence-corrected chi connectivity index (χ1v) is 2.35. The van der Waals surface area contributed by atoms with Gasteiger partial charge in [0.15, 0.2) is 0 Å². The zero-order valence-electron chi connectivity index (χ0n) is 5.03. The van der Waals surface area contributed by atoms with E-state index >= 15 is 0 Å². The quantitative estimate of drug-likeness (QED) is 0.455. The molecule has 5 heteroatoms. The first-order valence-electron chi connectivity index (χ1n) is 2.35. The Labute approximate surface area is 56.3 Å². The largest absolute Gasteiger partial charge is 0.478 e. The van der Waals surface area contributed by atoms with Gasteiger partial charge in [-0.3, -0.25) is 4.79 Å². The van der Waals surface area contributed by atoms with Gasteiger partial charge in [-0.25, -0.2) is 4.79 Å². The predicted octanol–water partition coefficient (Wildman–Crippen LogP) is 0.310. The Balaban J connectivity index is 3.92. The molecule has 0 aromatic rings. The van der Waals surface area contributed by atoms with Crippen LogP contribution < -0.4 is 0 Å². The van der Waals surface area contributed by atoms with Gasteiger partial charge in [0.1, 0.15) is 0 Å². The van der Waals surface area contributed by atoms with Gasteiger partial charge in [-0.15, -0.1) is 4.91 Å². The van der Waals surface area contributed by atoms with Crippen molar-refractivity contribution < 1.29 is 14.7 Å². The molecule has 0 aliphatic rings. The van der Waals surface area contributed by atoms with Gasteiger partial charge in [0.25, 0.3) is 5.91 Å². The lowest BCUT2D eigenvalue weighted by Gasteiger charge is -1.90. The number of carboxylic acid groups (broad SMARTS) is 1. The molecule has 0 saturated heterocycles. The highest BCUT2D eigenvalue weighted by atomic mass is 16.4. The van der Waals surface area contributed by atoms with Crippen LogP contribution in [0, 0.1) is 4.91 Å². The molecule has 0 heterocycles. The summed E-state index contributed by atoms with van der Waals surface area (Å²) in [4.78, 5) is 29.5. The van der Waals surface area contributed by atoms with E-state index in [9.17, 15) is 14.5 Å². The second kappa shape index (κ2) is 3.49. The molecule has 0 saturated carbocycles. The lowest BCUT2D eigenvalue weighted by molar-refractivity contribution is -0.133. The van der Waals surface area contributed by atoms with Crippen molar-refractivity contribution in [1.82, 2.24) is 0 Å². The number of hydrogen-bond acceptors (Lipinski definition) is 3. The second-order valence-electron chi connectivity index (χ2n) is 1.57. The Morgan fingerprint density at radius 2 is 2.00 bits per heavy atom. The van der Waals surface area contributed by atoms with Gasteiger partial charge in [-0.05, 0) is 0 Å². The van der Waals surface area contributed by atoms with E-state index < -0.39 is 18.3 Å². The van der Waals surface area contributed by atoms with E-state index in [1.165, 1.54) is 0 Å². The van der Waals surface area contributed by atoms with E-state index in [4.69, 9.17) is 5.11 Å². The van der Waals surface area contributed by atoms with Crippen LogP contribution in [-0.2, 0) is 9.59 Å². The molecule has 0 aromatic heterocycles. The number of amides is 1. The Hall–Kier alpha value is -1.52. The molecule has 10 heavy (non-hydrogen) atoms. The third-order valence-electron chi connectivity index (χ3n) is 0.769. The lowest BCUT2D eigenvalue weighted by atomic mass is 10.2. The normalized spacial score (nSPS) is 8.40. The second-order valence-corrected chi connectivity index (χ2v) is 1.57. The average molecular weight is 143 g/mol. The number of carboxylic acids is 1. The Kier molecular flexibility index (Phi) is 2.96. The van der Waals surface area contributed by atoms with Crippen LogP contribution in [0.25, 0.3) is 0 Å². The lowest BCUT2D eigenvalue weighted by Crippen LogP contribution is -2.03. The van der Waals surface area contributed by atoms with Crippen molar-refractivity contribution in [2.45, 2.75) is 6.42 Å².